The summed E-state index contributed by atoms with van der Waals surface area (Å²) in [5.74, 6) is 0.523. The normalized spacial score (nSPS) is 16.7. The molecule has 0 aromatic rings. The molecule has 0 bridgehead atoms. The molecule has 0 rings (SSSR count). The van der Waals surface area contributed by atoms with Crippen molar-refractivity contribution in [1.29, 1.82) is 0 Å². The van der Waals surface area contributed by atoms with E-state index < -0.39 is 9.84 Å². The standard InChI is InChI=1S/C11H25NO2S/c1-9(2)11(4)15(13,14)8-6-7-10(3)12-5/h9-12H,6-8H2,1-5H3. The lowest BCUT2D eigenvalue weighted by molar-refractivity contribution is 0.529. The van der Waals surface area contributed by atoms with E-state index in [0.717, 1.165) is 12.8 Å². The van der Waals surface area contributed by atoms with Gasteiger partial charge in [0.15, 0.2) is 9.84 Å². The van der Waals surface area contributed by atoms with Crippen LogP contribution in [0.5, 0.6) is 0 Å². The highest BCUT2D eigenvalue weighted by Gasteiger charge is 2.23. The van der Waals surface area contributed by atoms with E-state index in [1.54, 1.807) is 0 Å². The van der Waals surface area contributed by atoms with E-state index in [2.05, 4.69) is 12.2 Å². The Morgan fingerprint density at radius 2 is 1.67 bits per heavy atom. The van der Waals surface area contributed by atoms with Crippen molar-refractivity contribution in [3.8, 4) is 0 Å². The largest absolute Gasteiger partial charge is 0.317 e. The molecule has 0 heterocycles. The zero-order valence-corrected chi connectivity index (χ0v) is 11.4. The van der Waals surface area contributed by atoms with Crippen LogP contribution in [0.15, 0.2) is 0 Å². The van der Waals surface area contributed by atoms with E-state index in [4.69, 9.17) is 0 Å². The van der Waals surface area contributed by atoms with Gasteiger partial charge in [0, 0.05) is 6.04 Å². The molecule has 0 amide bonds. The Morgan fingerprint density at radius 3 is 2.07 bits per heavy atom. The highest BCUT2D eigenvalue weighted by Crippen LogP contribution is 2.14. The van der Waals surface area contributed by atoms with Crippen LogP contribution < -0.4 is 5.32 Å². The van der Waals surface area contributed by atoms with Crippen molar-refractivity contribution in [1.82, 2.24) is 5.32 Å². The fourth-order valence-electron chi connectivity index (χ4n) is 1.34. The maximum absolute atomic E-state index is 11.8. The van der Waals surface area contributed by atoms with Crippen LogP contribution in [0.1, 0.15) is 40.5 Å². The molecular formula is C11H25NO2S. The summed E-state index contributed by atoms with van der Waals surface area (Å²) >= 11 is 0. The van der Waals surface area contributed by atoms with Gasteiger partial charge in [0.2, 0.25) is 0 Å². The Bertz CT molecular complexity index is 260. The van der Waals surface area contributed by atoms with Gasteiger partial charge in [-0.25, -0.2) is 8.42 Å². The van der Waals surface area contributed by atoms with Gasteiger partial charge < -0.3 is 5.32 Å². The Morgan fingerprint density at radius 1 is 1.13 bits per heavy atom. The Balaban J connectivity index is 4.06. The van der Waals surface area contributed by atoms with Crippen LogP contribution in [0.2, 0.25) is 0 Å². The lowest BCUT2D eigenvalue weighted by atomic mass is 10.2. The van der Waals surface area contributed by atoms with Crippen LogP contribution in [0.4, 0.5) is 0 Å². The molecule has 0 saturated carbocycles. The van der Waals surface area contributed by atoms with Gasteiger partial charge in [-0.1, -0.05) is 13.8 Å². The van der Waals surface area contributed by atoms with Crippen molar-refractivity contribution in [3.05, 3.63) is 0 Å². The minimum Gasteiger partial charge on any atom is -0.317 e. The Kier molecular flexibility index (Phi) is 6.44. The van der Waals surface area contributed by atoms with Crippen molar-refractivity contribution in [2.75, 3.05) is 12.8 Å². The minimum absolute atomic E-state index is 0.205. The molecule has 0 fully saturated rings. The van der Waals surface area contributed by atoms with Crippen molar-refractivity contribution in [2.45, 2.75) is 51.8 Å². The molecule has 1 N–H and O–H groups in total. The van der Waals surface area contributed by atoms with Crippen LogP contribution in [0, 0.1) is 5.92 Å². The monoisotopic (exact) mass is 235 g/mol. The third-order valence-electron chi connectivity index (χ3n) is 3.06. The molecule has 2 unspecified atom stereocenters. The van der Waals surface area contributed by atoms with E-state index in [-0.39, 0.29) is 11.2 Å². The fraction of sp³-hybridized carbons (Fsp3) is 1.00. The summed E-state index contributed by atoms with van der Waals surface area (Å²) in [6.45, 7) is 7.79. The number of hydrogen-bond donors (Lipinski definition) is 1. The first-order valence-electron chi connectivity index (χ1n) is 5.70. The van der Waals surface area contributed by atoms with Gasteiger partial charge in [-0.3, -0.25) is 0 Å². The van der Waals surface area contributed by atoms with Crippen molar-refractivity contribution < 1.29 is 8.42 Å². The molecule has 4 heteroatoms. The van der Waals surface area contributed by atoms with E-state index in [9.17, 15) is 8.42 Å². The van der Waals surface area contributed by atoms with Crippen LogP contribution in [-0.4, -0.2) is 32.5 Å². The van der Waals surface area contributed by atoms with Crippen molar-refractivity contribution in [2.24, 2.45) is 5.92 Å². The number of nitrogens with one attached hydrogen (secondary N) is 1. The molecule has 2 atom stereocenters. The molecule has 0 aliphatic carbocycles. The smallest absolute Gasteiger partial charge is 0.153 e. The molecule has 0 saturated heterocycles. The van der Waals surface area contributed by atoms with Gasteiger partial charge in [0.1, 0.15) is 0 Å². The maximum Gasteiger partial charge on any atom is 0.153 e. The van der Waals surface area contributed by atoms with Crippen LogP contribution >= 0.6 is 0 Å². The molecule has 15 heavy (non-hydrogen) atoms. The fourth-order valence-corrected chi connectivity index (χ4v) is 3.11. The lowest BCUT2D eigenvalue weighted by Gasteiger charge is -2.17. The zero-order valence-electron chi connectivity index (χ0n) is 10.6. The first-order chi connectivity index (χ1) is 6.81. The van der Waals surface area contributed by atoms with Gasteiger partial charge >= 0.3 is 0 Å². The summed E-state index contributed by atoms with van der Waals surface area (Å²) < 4.78 is 23.6. The second-order valence-corrected chi connectivity index (χ2v) is 7.13. The molecule has 0 aliphatic rings. The topological polar surface area (TPSA) is 46.2 Å². The number of hydrogen-bond acceptors (Lipinski definition) is 3. The molecule has 0 spiro atoms. The summed E-state index contributed by atoms with van der Waals surface area (Å²) in [7, 11) is -0.992. The molecule has 3 nitrogen and oxygen atoms in total. The lowest BCUT2D eigenvalue weighted by Crippen LogP contribution is -2.27. The minimum atomic E-state index is -2.89. The first-order valence-corrected chi connectivity index (χ1v) is 7.41. The van der Waals surface area contributed by atoms with Gasteiger partial charge in [0.05, 0.1) is 11.0 Å². The van der Waals surface area contributed by atoms with Crippen molar-refractivity contribution in [3.63, 3.8) is 0 Å². The third-order valence-corrected chi connectivity index (χ3v) is 5.60. The van der Waals surface area contributed by atoms with Crippen LogP contribution in [0.25, 0.3) is 0 Å². The summed E-state index contributed by atoms with van der Waals surface area (Å²) in [6, 6.07) is 0.398. The summed E-state index contributed by atoms with van der Waals surface area (Å²) in [5, 5.41) is 2.89. The predicted molar refractivity (Wildman–Crippen MR) is 65.8 cm³/mol. The number of sulfone groups is 1. The third kappa shape index (κ3) is 5.52. The average molecular weight is 235 g/mol. The van der Waals surface area contributed by atoms with E-state index in [1.165, 1.54) is 0 Å². The van der Waals surface area contributed by atoms with E-state index in [0.29, 0.717) is 11.8 Å². The van der Waals surface area contributed by atoms with Gasteiger partial charge in [0.25, 0.3) is 0 Å². The van der Waals surface area contributed by atoms with Gasteiger partial charge in [-0.2, -0.15) is 0 Å². The van der Waals surface area contributed by atoms with Crippen molar-refractivity contribution >= 4 is 9.84 Å². The summed E-state index contributed by atoms with van der Waals surface area (Å²) in [6.07, 6.45) is 1.67. The molecule has 0 aliphatic heterocycles. The maximum atomic E-state index is 11.8. The second-order valence-electron chi connectivity index (χ2n) is 4.65. The molecular weight excluding hydrogens is 210 g/mol. The predicted octanol–water partition coefficient (Wildman–Crippen LogP) is 1.83. The van der Waals surface area contributed by atoms with E-state index in [1.807, 2.05) is 27.8 Å². The Labute approximate surface area is 94.6 Å². The summed E-state index contributed by atoms with van der Waals surface area (Å²) in [5.41, 5.74) is 0. The SMILES string of the molecule is CNC(C)CCCS(=O)(=O)C(C)C(C)C. The highest BCUT2D eigenvalue weighted by atomic mass is 32.2. The van der Waals surface area contributed by atoms with Gasteiger partial charge in [-0.05, 0) is 39.7 Å². The number of rotatable bonds is 7. The molecule has 92 valence electrons. The quantitative estimate of drug-likeness (QED) is 0.732. The molecule has 0 aromatic carbocycles. The van der Waals surface area contributed by atoms with E-state index >= 15 is 0 Å². The van der Waals surface area contributed by atoms with Gasteiger partial charge in [-0.15, -0.1) is 0 Å². The molecule has 0 aromatic heterocycles. The average Bonchev–Trinajstić information content (AvgIpc) is 2.15. The highest BCUT2D eigenvalue weighted by molar-refractivity contribution is 7.92. The van der Waals surface area contributed by atoms with Crippen LogP contribution in [0.3, 0.4) is 0 Å². The summed E-state index contributed by atoms with van der Waals surface area (Å²) in [4.78, 5) is 0. The second kappa shape index (κ2) is 6.48. The zero-order chi connectivity index (χ0) is 12.1. The first kappa shape index (κ1) is 14.9. The Hall–Kier alpha value is -0.0900. The van der Waals surface area contributed by atoms with Crippen LogP contribution in [-0.2, 0) is 9.84 Å². The molecule has 0 radical (unpaired) electrons.